The number of aromatic nitrogens is 2. The van der Waals surface area contributed by atoms with E-state index in [-0.39, 0.29) is 5.69 Å². The van der Waals surface area contributed by atoms with Crippen LogP contribution in [0.4, 0.5) is 0 Å². The molecule has 0 atom stereocenters. The Balaban J connectivity index is 2.51. The molecule has 0 bridgehead atoms. The minimum Gasteiger partial charge on any atom is -0.476 e. The summed E-state index contributed by atoms with van der Waals surface area (Å²) in [6, 6.07) is 1.97. The predicted octanol–water partition coefficient (Wildman–Crippen LogP) is 3.37. The summed E-state index contributed by atoms with van der Waals surface area (Å²) < 4.78 is 2.46. The van der Waals surface area contributed by atoms with Crippen molar-refractivity contribution < 1.29 is 9.90 Å². The summed E-state index contributed by atoms with van der Waals surface area (Å²) in [5.41, 5.74) is 3.06. The summed E-state index contributed by atoms with van der Waals surface area (Å²) in [4.78, 5) is 11.4. The van der Waals surface area contributed by atoms with Gasteiger partial charge in [0, 0.05) is 21.3 Å². The molecule has 1 aliphatic carbocycles. The highest BCUT2D eigenvalue weighted by molar-refractivity contribution is 14.1. The molecule has 0 aliphatic heterocycles. The molecular weight excluding hydrogens is 393 g/mol. The molecule has 0 radical (unpaired) electrons. The van der Waals surface area contributed by atoms with E-state index in [1.165, 1.54) is 0 Å². The van der Waals surface area contributed by atoms with Crippen molar-refractivity contribution in [2.75, 3.05) is 4.43 Å². The third kappa shape index (κ3) is 3.47. The first-order valence-electron chi connectivity index (χ1n) is 6.96. The van der Waals surface area contributed by atoms with Gasteiger partial charge in [-0.3, -0.25) is 0 Å². The fraction of sp³-hybridized carbons (Fsp3) is 0.312. The Bertz CT molecular complexity index is 708. The first kappa shape index (κ1) is 16.5. The Labute approximate surface area is 142 Å². The molecule has 0 amide bonds. The van der Waals surface area contributed by atoms with Crippen LogP contribution >= 0.6 is 22.6 Å². The number of hydrogen-bond donors (Lipinski definition) is 1. The lowest BCUT2D eigenvalue weighted by Crippen LogP contribution is -2.08. The zero-order valence-corrected chi connectivity index (χ0v) is 14.2. The SMILES string of the molecule is C=C(C#N)/C=C\C(=C/CI)n1nc(C(=O)O)c2c1CCCC2. The molecule has 2 rings (SSSR count). The minimum absolute atomic E-state index is 0.140. The van der Waals surface area contributed by atoms with E-state index < -0.39 is 5.97 Å². The average molecular weight is 409 g/mol. The van der Waals surface area contributed by atoms with E-state index in [4.69, 9.17) is 5.26 Å². The van der Waals surface area contributed by atoms with Gasteiger partial charge in [0.2, 0.25) is 0 Å². The molecule has 1 heterocycles. The van der Waals surface area contributed by atoms with Gasteiger partial charge in [0.1, 0.15) is 0 Å². The Morgan fingerprint density at radius 2 is 2.18 bits per heavy atom. The van der Waals surface area contributed by atoms with Gasteiger partial charge < -0.3 is 5.11 Å². The lowest BCUT2D eigenvalue weighted by molar-refractivity contribution is 0.0688. The minimum atomic E-state index is -0.990. The number of carboxylic acids is 1. The quantitative estimate of drug-likeness (QED) is 0.350. The fourth-order valence-electron chi connectivity index (χ4n) is 2.51. The largest absolute Gasteiger partial charge is 0.476 e. The van der Waals surface area contributed by atoms with Crippen LogP contribution < -0.4 is 0 Å². The van der Waals surface area contributed by atoms with Gasteiger partial charge in [-0.15, -0.1) is 0 Å². The Hall–Kier alpha value is -1.88. The second-order valence-corrected chi connectivity index (χ2v) is 5.83. The maximum Gasteiger partial charge on any atom is 0.356 e. The van der Waals surface area contributed by atoms with Crippen LogP contribution in [0, 0.1) is 11.3 Å². The molecule has 1 aromatic rings. The summed E-state index contributed by atoms with van der Waals surface area (Å²) in [6.07, 6.45) is 8.93. The predicted molar refractivity (Wildman–Crippen MR) is 92.9 cm³/mol. The van der Waals surface area contributed by atoms with Crippen LogP contribution in [0.2, 0.25) is 0 Å². The van der Waals surface area contributed by atoms with E-state index in [1.807, 2.05) is 12.1 Å². The second kappa shape index (κ2) is 7.40. The average Bonchev–Trinajstić information content (AvgIpc) is 2.91. The van der Waals surface area contributed by atoms with Crippen LogP contribution in [0.1, 0.15) is 34.6 Å². The maximum absolute atomic E-state index is 11.4. The second-order valence-electron chi connectivity index (χ2n) is 4.95. The number of carboxylic acid groups (broad SMARTS) is 1. The number of aromatic carboxylic acids is 1. The molecule has 0 unspecified atom stereocenters. The number of nitrogens with zero attached hydrogens (tertiary/aromatic N) is 3. The molecule has 0 spiro atoms. The van der Waals surface area contributed by atoms with Gasteiger partial charge in [0.25, 0.3) is 0 Å². The smallest absolute Gasteiger partial charge is 0.356 e. The number of rotatable bonds is 5. The lowest BCUT2D eigenvalue weighted by atomic mass is 9.95. The first-order chi connectivity index (χ1) is 10.6. The number of allylic oxidation sites excluding steroid dienone is 5. The third-order valence-corrected chi connectivity index (χ3v) is 3.95. The number of hydrogen-bond acceptors (Lipinski definition) is 3. The molecule has 0 saturated carbocycles. The summed E-state index contributed by atoms with van der Waals surface area (Å²) in [7, 11) is 0. The summed E-state index contributed by atoms with van der Waals surface area (Å²) in [6.45, 7) is 3.62. The molecule has 0 aromatic carbocycles. The molecule has 114 valence electrons. The van der Waals surface area contributed by atoms with E-state index in [0.717, 1.165) is 47.1 Å². The molecule has 5 nitrogen and oxygen atoms in total. The van der Waals surface area contributed by atoms with Crippen molar-refractivity contribution in [1.82, 2.24) is 9.78 Å². The molecule has 6 heteroatoms. The van der Waals surface area contributed by atoms with Crippen LogP contribution in [0.5, 0.6) is 0 Å². The molecule has 0 fully saturated rings. The topological polar surface area (TPSA) is 78.9 Å². The zero-order valence-electron chi connectivity index (χ0n) is 12.0. The number of nitriles is 1. The molecule has 0 saturated heterocycles. The first-order valence-corrected chi connectivity index (χ1v) is 8.48. The van der Waals surface area contributed by atoms with Crippen molar-refractivity contribution in [3.63, 3.8) is 0 Å². The third-order valence-electron chi connectivity index (χ3n) is 3.51. The van der Waals surface area contributed by atoms with E-state index in [0.29, 0.717) is 5.57 Å². The normalized spacial score (nSPS) is 14.6. The highest BCUT2D eigenvalue weighted by Gasteiger charge is 2.25. The standard InChI is InChI=1S/C16H16IN3O2/c1-11(10-18)6-7-12(8-9-17)20-14-5-3-2-4-13(14)15(19-20)16(21)22/h6-8H,1-5,9H2,(H,21,22)/b7-6-,12-8+. The Morgan fingerprint density at radius 3 is 2.82 bits per heavy atom. The van der Waals surface area contributed by atoms with Gasteiger partial charge >= 0.3 is 5.97 Å². The zero-order chi connectivity index (χ0) is 16.1. The Kier molecular flexibility index (Phi) is 5.55. The molecule has 1 aliphatic rings. The molecular formula is C16H16IN3O2. The van der Waals surface area contributed by atoms with Gasteiger partial charge in [0.05, 0.1) is 11.8 Å². The molecule has 1 N–H and O–H groups in total. The van der Waals surface area contributed by atoms with Crippen molar-refractivity contribution in [2.24, 2.45) is 0 Å². The van der Waals surface area contributed by atoms with Crippen LogP contribution in [-0.2, 0) is 12.8 Å². The van der Waals surface area contributed by atoms with Gasteiger partial charge in [0.15, 0.2) is 5.69 Å². The van der Waals surface area contributed by atoms with Crippen molar-refractivity contribution >= 4 is 34.3 Å². The monoisotopic (exact) mass is 409 g/mol. The van der Waals surface area contributed by atoms with Crippen LogP contribution in [0.15, 0.2) is 30.4 Å². The van der Waals surface area contributed by atoms with Crippen molar-refractivity contribution in [2.45, 2.75) is 25.7 Å². The van der Waals surface area contributed by atoms with E-state index in [1.54, 1.807) is 16.8 Å². The summed E-state index contributed by atoms with van der Waals surface area (Å²) in [5, 5.41) is 22.4. The highest BCUT2D eigenvalue weighted by atomic mass is 127. The van der Waals surface area contributed by atoms with E-state index >= 15 is 0 Å². The number of carbonyl (C=O) groups is 1. The van der Waals surface area contributed by atoms with E-state index in [9.17, 15) is 9.90 Å². The maximum atomic E-state index is 11.4. The van der Waals surface area contributed by atoms with Crippen LogP contribution in [0.3, 0.4) is 0 Å². The number of fused-ring (bicyclic) bond motifs is 1. The fourth-order valence-corrected chi connectivity index (χ4v) is 2.96. The van der Waals surface area contributed by atoms with E-state index in [2.05, 4.69) is 34.3 Å². The van der Waals surface area contributed by atoms with Gasteiger partial charge in [-0.2, -0.15) is 10.4 Å². The van der Waals surface area contributed by atoms with Crippen LogP contribution in [-0.4, -0.2) is 25.3 Å². The van der Waals surface area contributed by atoms with Gasteiger partial charge in [-0.1, -0.05) is 29.2 Å². The van der Waals surface area contributed by atoms with Gasteiger partial charge in [-0.05, 0) is 43.9 Å². The number of alkyl halides is 1. The van der Waals surface area contributed by atoms with Crippen molar-refractivity contribution in [3.05, 3.63) is 47.3 Å². The Morgan fingerprint density at radius 1 is 1.45 bits per heavy atom. The lowest BCUT2D eigenvalue weighted by Gasteiger charge is -2.14. The van der Waals surface area contributed by atoms with Gasteiger partial charge in [-0.25, -0.2) is 9.48 Å². The molecule has 22 heavy (non-hydrogen) atoms. The summed E-state index contributed by atoms with van der Waals surface area (Å²) in [5.74, 6) is -0.990. The van der Waals surface area contributed by atoms with Crippen molar-refractivity contribution in [3.8, 4) is 6.07 Å². The summed E-state index contributed by atoms with van der Waals surface area (Å²) >= 11 is 2.22. The van der Waals surface area contributed by atoms with Crippen molar-refractivity contribution in [1.29, 1.82) is 5.26 Å². The number of halogens is 1. The van der Waals surface area contributed by atoms with Crippen LogP contribution in [0.25, 0.3) is 5.70 Å². The highest BCUT2D eigenvalue weighted by Crippen LogP contribution is 2.27. The molecule has 1 aromatic heterocycles.